The monoisotopic (exact) mass is 324 g/mol. The molecule has 1 unspecified atom stereocenters. The minimum absolute atomic E-state index is 0.467. The topological polar surface area (TPSA) is 44.3 Å². The van der Waals surface area contributed by atoms with Crippen LogP contribution in [0, 0.1) is 0 Å². The van der Waals surface area contributed by atoms with Gasteiger partial charge in [-0.25, -0.2) is 0 Å². The third-order valence-corrected chi connectivity index (χ3v) is 3.21. The summed E-state index contributed by atoms with van der Waals surface area (Å²) in [4.78, 5) is 0. The summed E-state index contributed by atoms with van der Waals surface area (Å²) in [5, 5.41) is 15.9. The molecule has 0 aromatic carbocycles. The molecular formula is C11H21IN2O. The molecular weight excluding hydrogens is 303 g/mol. The highest BCUT2D eigenvalue weighted by Crippen LogP contribution is 2.16. The Labute approximate surface area is 106 Å². The number of rotatable bonds is 6. The van der Waals surface area contributed by atoms with Crippen molar-refractivity contribution in [2.75, 3.05) is 11.0 Å². The SMILES string of the molecule is OC(CNC1CCCCC1)N/C=C/CI. The molecule has 1 atom stereocenters. The lowest BCUT2D eigenvalue weighted by molar-refractivity contribution is 0.143. The van der Waals surface area contributed by atoms with Crippen LogP contribution in [-0.2, 0) is 0 Å². The van der Waals surface area contributed by atoms with Crippen molar-refractivity contribution >= 4 is 22.6 Å². The minimum atomic E-state index is -0.467. The van der Waals surface area contributed by atoms with Crippen LogP contribution in [0.3, 0.4) is 0 Å². The quantitative estimate of drug-likeness (QED) is 0.396. The summed E-state index contributed by atoms with van der Waals surface area (Å²) in [5.41, 5.74) is 0. The zero-order valence-electron chi connectivity index (χ0n) is 9.08. The molecule has 4 heteroatoms. The Kier molecular flexibility index (Phi) is 7.38. The molecule has 0 heterocycles. The predicted molar refractivity (Wildman–Crippen MR) is 72.0 cm³/mol. The van der Waals surface area contributed by atoms with Crippen LogP contribution in [0.2, 0.25) is 0 Å². The van der Waals surface area contributed by atoms with Gasteiger partial charge in [-0.1, -0.05) is 47.9 Å². The molecule has 1 aliphatic carbocycles. The molecule has 0 saturated heterocycles. The van der Waals surface area contributed by atoms with Gasteiger partial charge >= 0.3 is 0 Å². The van der Waals surface area contributed by atoms with Crippen LogP contribution < -0.4 is 10.6 Å². The molecule has 15 heavy (non-hydrogen) atoms. The number of nitrogens with one attached hydrogen (secondary N) is 2. The second-order valence-electron chi connectivity index (χ2n) is 3.98. The van der Waals surface area contributed by atoms with E-state index in [1.807, 2.05) is 12.3 Å². The van der Waals surface area contributed by atoms with Crippen molar-refractivity contribution in [3.8, 4) is 0 Å². The lowest BCUT2D eigenvalue weighted by Gasteiger charge is -2.24. The number of aliphatic hydroxyl groups is 1. The molecule has 1 aliphatic rings. The Morgan fingerprint density at radius 2 is 2.07 bits per heavy atom. The van der Waals surface area contributed by atoms with E-state index in [1.165, 1.54) is 32.1 Å². The lowest BCUT2D eigenvalue weighted by atomic mass is 9.95. The van der Waals surface area contributed by atoms with E-state index in [9.17, 15) is 5.11 Å². The van der Waals surface area contributed by atoms with E-state index >= 15 is 0 Å². The van der Waals surface area contributed by atoms with E-state index < -0.39 is 6.23 Å². The summed E-state index contributed by atoms with van der Waals surface area (Å²) in [5.74, 6) is 0. The number of aliphatic hydroxyl groups excluding tert-OH is 1. The average Bonchev–Trinajstić information content (AvgIpc) is 2.28. The second kappa shape index (κ2) is 8.35. The first-order chi connectivity index (χ1) is 7.33. The predicted octanol–water partition coefficient (Wildman–Crippen LogP) is 1.77. The van der Waals surface area contributed by atoms with Gasteiger partial charge in [0, 0.05) is 17.0 Å². The molecule has 0 aromatic heterocycles. The average molecular weight is 324 g/mol. The first kappa shape index (κ1) is 13.3. The van der Waals surface area contributed by atoms with Gasteiger partial charge in [0.15, 0.2) is 0 Å². The third kappa shape index (κ3) is 6.37. The molecule has 0 radical (unpaired) electrons. The van der Waals surface area contributed by atoms with E-state index in [2.05, 4.69) is 33.2 Å². The minimum Gasteiger partial charge on any atom is -0.372 e. The highest BCUT2D eigenvalue weighted by Gasteiger charge is 2.13. The zero-order valence-corrected chi connectivity index (χ0v) is 11.2. The van der Waals surface area contributed by atoms with Crippen molar-refractivity contribution in [2.45, 2.75) is 44.4 Å². The van der Waals surface area contributed by atoms with E-state index in [0.29, 0.717) is 12.6 Å². The van der Waals surface area contributed by atoms with Crippen LogP contribution in [0.15, 0.2) is 12.3 Å². The van der Waals surface area contributed by atoms with Crippen LogP contribution in [0.1, 0.15) is 32.1 Å². The number of hydrogen-bond acceptors (Lipinski definition) is 3. The first-order valence-corrected chi connectivity index (χ1v) is 7.24. The van der Waals surface area contributed by atoms with E-state index in [1.54, 1.807) is 0 Å². The highest BCUT2D eigenvalue weighted by atomic mass is 127. The van der Waals surface area contributed by atoms with Crippen molar-refractivity contribution in [3.63, 3.8) is 0 Å². The van der Waals surface area contributed by atoms with Gasteiger partial charge in [0.05, 0.1) is 0 Å². The standard InChI is InChI=1S/C11H21IN2O/c12-7-4-8-13-11(15)9-14-10-5-2-1-3-6-10/h4,8,10-11,13-15H,1-3,5-7,9H2/b8-4+. The van der Waals surface area contributed by atoms with Gasteiger partial charge in [0.2, 0.25) is 0 Å². The van der Waals surface area contributed by atoms with Crippen molar-refractivity contribution in [1.29, 1.82) is 0 Å². The van der Waals surface area contributed by atoms with Gasteiger partial charge in [-0.3, -0.25) is 0 Å². The van der Waals surface area contributed by atoms with Crippen molar-refractivity contribution < 1.29 is 5.11 Å². The van der Waals surface area contributed by atoms with Crippen LogP contribution >= 0.6 is 22.6 Å². The largest absolute Gasteiger partial charge is 0.372 e. The normalized spacial score (nSPS) is 20.7. The van der Waals surface area contributed by atoms with Crippen LogP contribution in [0.5, 0.6) is 0 Å². The van der Waals surface area contributed by atoms with Gasteiger partial charge in [-0.2, -0.15) is 0 Å². The van der Waals surface area contributed by atoms with Crippen molar-refractivity contribution in [3.05, 3.63) is 12.3 Å². The summed E-state index contributed by atoms with van der Waals surface area (Å²) in [6, 6.07) is 0.615. The van der Waals surface area contributed by atoms with Crippen LogP contribution in [-0.4, -0.2) is 28.3 Å². The molecule has 1 rings (SSSR count). The molecule has 0 spiro atoms. The second-order valence-corrected chi connectivity index (χ2v) is 4.86. The Bertz CT molecular complexity index is 181. The lowest BCUT2D eigenvalue weighted by Crippen LogP contribution is -2.41. The van der Waals surface area contributed by atoms with Gasteiger partial charge in [0.1, 0.15) is 6.23 Å². The van der Waals surface area contributed by atoms with Gasteiger partial charge < -0.3 is 15.7 Å². The summed E-state index contributed by atoms with van der Waals surface area (Å²) in [6.45, 7) is 0.635. The number of hydrogen-bond donors (Lipinski definition) is 3. The van der Waals surface area contributed by atoms with Crippen molar-refractivity contribution in [2.24, 2.45) is 0 Å². The highest BCUT2D eigenvalue weighted by molar-refractivity contribution is 14.1. The smallest absolute Gasteiger partial charge is 0.136 e. The van der Waals surface area contributed by atoms with Gasteiger partial charge in [-0.05, 0) is 19.0 Å². The summed E-state index contributed by atoms with van der Waals surface area (Å²) >= 11 is 2.27. The molecule has 1 fully saturated rings. The fourth-order valence-electron chi connectivity index (χ4n) is 1.87. The molecule has 3 N–H and O–H groups in total. The Morgan fingerprint density at radius 3 is 2.73 bits per heavy atom. The molecule has 1 saturated carbocycles. The molecule has 0 amide bonds. The number of allylic oxidation sites excluding steroid dienone is 1. The Balaban J connectivity index is 2.04. The molecule has 0 aromatic rings. The maximum Gasteiger partial charge on any atom is 0.136 e. The molecule has 88 valence electrons. The molecule has 0 aliphatic heterocycles. The maximum absolute atomic E-state index is 9.58. The van der Waals surface area contributed by atoms with Crippen LogP contribution in [0.25, 0.3) is 0 Å². The van der Waals surface area contributed by atoms with Gasteiger partial charge in [-0.15, -0.1) is 0 Å². The Hall–Kier alpha value is 0.190. The summed E-state index contributed by atoms with van der Waals surface area (Å²) in [7, 11) is 0. The Morgan fingerprint density at radius 1 is 1.33 bits per heavy atom. The summed E-state index contributed by atoms with van der Waals surface area (Å²) < 4.78 is 0.966. The number of alkyl halides is 1. The fraction of sp³-hybridized carbons (Fsp3) is 0.818. The maximum atomic E-state index is 9.58. The van der Waals surface area contributed by atoms with E-state index in [-0.39, 0.29) is 0 Å². The van der Waals surface area contributed by atoms with Gasteiger partial charge in [0.25, 0.3) is 0 Å². The van der Waals surface area contributed by atoms with E-state index in [4.69, 9.17) is 0 Å². The van der Waals surface area contributed by atoms with Crippen LogP contribution in [0.4, 0.5) is 0 Å². The molecule has 0 bridgehead atoms. The van der Waals surface area contributed by atoms with Crippen molar-refractivity contribution in [1.82, 2.24) is 10.6 Å². The zero-order chi connectivity index (χ0) is 10.9. The van der Waals surface area contributed by atoms with E-state index in [0.717, 1.165) is 4.43 Å². The molecule has 3 nitrogen and oxygen atoms in total. The fourth-order valence-corrected chi connectivity index (χ4v) is 2.12. The first-order valence-electron chi connectivity index (χ1n) is 5.71. The number of halogens is 1. The summed E-state index contributed by atoms with van der Waals surface area (Å²) in [6.07, 6.45) is 9.89. The third-order valence-electron chi connectivity index (χ3n) is 2.70.